The van der Waals surface area contributed by atoms with Crippen LogP contribution in [0.1, 0.15) is 11.1 Å². The van der Waals surface area contributed by atoms with Gasteiger partial charge in [-0.1, -0.05) is 41.9 Å². The van der Waals surface area contributed by atoms with E-state index in [0.717, 1.165) is 5.56 Å². The summed E-state index contributed by atoms with van der Waals surface area (Å²) in [7, 11) is 0. The average molecular weight is 419 g/mol. The molecule has 0 unspecified atom stereocenters. The Hall–Kier alpha value is -3.19. The van der Waals surface area contributed by atoms with Gasteiger partial charge in [0.2, 0.25) is 5.91 Å². The predicted octanol–water partition coefficient (Wildman–Crippen LogP) is 4.33. The van der Waals surface area contributed by atoms with Crippen LogP contribution >= 0.6 is 11.6 Å². The molecule has 1 amide bonds. The van der Waals surface area contributed by atoms with Crippen molar-refractivity contribution in [2.45, 2.75) is 19.6 Å². The monoisotopic (exact) mass is 418 g/mol. The van der Waals surface area contributed by atoms with Gasteiger partial charge in [-0.05, 0) is 35.4 Å². The highest BCUT2D eigenvalue weighted by molar-refractivity contribution is 6.31. The number of ether oxygens (including phenoxy) is 1. The highest BCUT2D eigenvalue weighted by Crippen LogP contribution is 2.17. The highest BCUT2D eigenvalue weighted by atomic mass is 35.5. The summed E-state index contributed by atoms with van der Waals surface area (Å²) in [6, 6.07) is 15.9. The molecular formula is C21H17ClF2N2O3. The molecule has 29 heavy (non-hydrogen) atoms. The molecule has 0 radical (unpaired) electrons. The van der Waals surface area contributed by atoms with Crippen LogP contribution < -0.4 is 15.6 Å². The second-order valence-electron chi connectivity index (χ2n) is 6.22. The number of anilines is 1. The lowest BCUT2D eigenvalue weighted by atomic mass is 10.1. The summed E-state index contributed by atoms with van der Waals surface area (Å²) in [5, 5.41) is 3.27. The number of alkyl halides is 2. The van der Waals surface area contributed by atoms with Gasteiger partial charge in [-0.2, -0.15) is 8.78 Å². The van der Waals surface area contributed by atoms with Gasteiger partial charge in [0.15, 0.2) is 0 Å². The molecule has 0 atom stereocenters. The summed E-state index contributed by atoms with van der Waals surface area (Å²) >= 11 is 6.14. The molecule has 3 aromatic rings. The second-order valence-corrected chi connectivity index (χ2v) is 6.63. The van der Waals surface area contributed by atoms with E-state index in [-0.39, 0.29) is 30.2 Å². The molecule has 1 heterocycles. The summed E-state index contributed by atoms with van der Waals surface area (Å²) in [6.45, 7) is -2.63. The van der Waals surface area contributed by atoms with Gasteiger partial charge in [-0.3, -0.25) is 9.59 Å². The van der Waals surface area contributed by atoms with E-state index in [9.17, 15) is 18.4 Å². The lowest BCUT2D eigenvalue weighted by molar-refractivity contribution is -0.115. The molecule has 0 saturated heterocycles. The Morgan fingerprint density at radius 1 is 1.07 bits per heavy atom. The Balaban J connectivity index is 1.66. The van der Waals surface area contributed by atoms with E-state index < -0.39 is 6.61 Å². The van der Waals surface area contributed by atoms with Crippen LogP contribution in [0.2, 0.25) is 5.02 Å². The van der Waals surface area contributed by atoms with E-state index in [1.165, 1.54) is 41.0 Å². The molecule has 0 saturated carbocycles. The lowest BCUT2D eigenvalue weighted by Gasteiger charge is -2.11. The fourth-order valence-corrected chi connectivity index (χ4v) is 2.91. The third kappa shape index (κ3) is 5.89. The van der Waals surface area contributed by atoms with Crippen molar-refractivity contribution in [2.75, 3.05) is 5.32 Å². The molecule has 0 bridgehead atoms. The minimum absolute atomic E-state index is 0.0239. The third-order valence-corrected chi connectivity index (χ3v) is 4.45. The van der Waals surface area contributed by atoms with Gasteiger partial charge < -0.3 is 14.6 Å². The maximum Gasteiger partial charge on any atom is 0.387 e. The van der Waals surface area contributed by atoms with Crippen LogP contribution in [0.4, 0.5) is 14.5 Å². The van der Waals surface area contributed by atoms with Gasteiger partial charge in [0.25, 0.3) is 5.56 Å². The molecule has 8 heteroatoms. The maximum atomic E-state index is 12.3. The van der Waals surface area contributed by atoms with Crippen molar-refractivity contribution in [3.63, 3.8) is 0 Å². The number of hydrogen-bond acceptors (Lipinski definition) is 3. The van der Waals surface area contributed by atoms with Crippen molar-refractivity contribution in [2.24, 2.45) is 0 Å². The lowest BCUT2D eigenvalue weighted by Crippen LogP contribution is -2.21. The predicted molar refractivity (Wildman–Crippen MR) is 107 cm³/mol. The van der Waals surface area contributed by atoms with Crippen LogP contribution in [-0.4, -0.2) is 17.1 Å². The normalized spacial score (nSPS) is 10.8. The molecule has 1 N–H and O–H groups in total. The van der Waals surface area contributed by atoms with Crippen LogP contribution in [0, 0.1) is 0 Å². The summed E-state index contributed by atoms with van der Waals surface area (Å²) in [5.41, 5.74) is 1.65. The van der Waals surface area contributed by atoms with E-state index in [0.29, 0.717) is 16.3 Å². The van der Waals surface area contributed by atoms with Crippen molar-refractivity contribution >= 4 is 23.2 Å². The number of aromatic nitrogens is 1. The smallest absolute Gasteiger partial charge is 0.387 e. The van der Waals surface area contributed by atoms with Crippen LogP contribution in [0.5, 0.6) is 5.75 Å². The molecule has 0 aliphatic rings. The van der Waals surface area contributed by atoms with E-state index >= 15 is 0 Å². The number of nitrogens with zero attached hydrogens (tertiary/aromatic N) is 1. The van der Waals surface area contributed by atoms with E-state index in [2.05, 4.69) is 10.1 Å². The Labute approximate surface area is 170 Å². The number of halogens is 3. The largest absolute Gasteiger partial charge is 0.435 e. The van der Waals surface area contributed by atoms with Gasteiger partial charge in [0, 0.05) is 17.3 Å². The van der Waals surface area contributed by atoms with E-state index in [1.54, 1.807) is 18.3 Å². The first-order valence-electron chi connectivity index (χ1n) is 8.68. The Kier molecular flexibility index (Phi) is 6.61. The van der Waals surface area contributed by atoms with Crippen LogP contribution in [0.25, 0.3) is 0 Å². The zero-order valence-electron chi connectivity index (χ0n) is 15.1. The minimum Gasteiger partial charge on any atom is -0.435 e. The molecule has 0 fully saturated rings. The zero-order chi connectivity index (χ0) is 20.8. The SMILES string of the molecule is O=C(Cc1ccc(OC(F)F)cc1)Nc1ccc(=O)n(Cc2ccccc2Cl)c1. The Bertz CT molecular complexity index is 1050. The molecule has 0 spiro atoms. The first-order valence-corrected chi connectivity index (χ1v) is 9.06. The molecule has 150 valence electrons. The first-order chi connectivity index (χ1) is 13.9. The number of benzene rings is 2. The number of rotatable bonds is 7. The maximum absolute atomic E-state index is 12.3. The Morgan fingerprint density at radius 3 is 2.48 bits per heavy atom. The van der Waals surface area contributed by atoms with Gasteiger partial charge in [-0.25, -0.2) is 0 Å². The number of pyridine rings is 1. The molecule has 2 aromatic carbocycles. The Morgan fingerprint density at radius 2 is 1.79 bits per heavy atom. The second kappa shape index (κ2) is 9.34. The van der Waals surface area contributed by atoms with Gasteiger partial charge in [0.05, 0.1) is 18.7 Å². The molecular weight excluding hydrogens is 402 g/mol. The fourth-order valence-electron chi connectivity index (χ4n) is 2.72. The van der Waals surface area contributed by atoms with E-state index in [4.69, 9.17) is 11.6 Å². The van der Waals surface area contributed by atoms with Crippen molar-refractivity contribution in [3.8, 4) is 5.75 Å². The van der Waals surface area contributed by atoms with Crippen LogP contribution in [0.3, 0.4) is 0 Å². The van der Waals surface area contributed by atoms with Crippen molar-refractivity contribution in [3.05, 3.63) is 93.4 Å². The van der Waals surface area contributed by atoms with Gasteiger partial charge in [0.1, 0.15) is 5.75 Å². The molecule has 3 rings (SSSR count). The minimum atomic E-state index is -2.90. The van der Waals surface area contributed by atoms with Crippen molar-refractivity contribution in [1.29, 1.82) is 0 Å². The van der Waals surface area contributed by atoms with E-state index in [1.807, 2.05) is 12.1 Å². The summed E-state index contributed by atoms with van der Waals surface area (Å²) in [6.07, 6.45) is 1.59. The van der Waals surface area contributed by atoms with Gasteiger partial charge in [-0.15, -0.1) is 0 Å². The molecule has 0 aliphatic carbocycles. The summed E-state index contributed by atoms with van der Waals surface area (Å²) < 4.78 is 30.1. The zero-order valence-corrected chi connectivity index (χ0v) is 15.9. The summed E-state index contributed by atoms with van der Waals surface area (Å²) in [4.78, 5) is 24.4. The molecule has 0 aliphatic heterocycles. The topological polar surface area (TPSA) is 60.3 Å². The van der Waals surface area contributed by atoms with Crippen molar-refractivity contribution < 1.29 is 18.3 Å². The average Bonchev–Trinajstić information content (AvgIpc) is 2.67. The fraction of sp³-hybridized carbons (Fsp3) is 0.143. The van der Waals surface area contributed by atoms with Crippen LogP contribution in [-0.2, 0) is 17.8 Å². The quantitative estimate of drug-likeness (QED) is 0.621. The third-order valence-electron chi connectivity index (χ3n) is 4.08. The van der Waals surface area contributed by atoms with Crippen LogP contribution in [0.15, 0.2) is 71.7 Å². The number of nitrogens with one attached hydrogen (secondary N) is 1. The number of amides is 1. The number of carbonyl (C=O) groups excluding carboxylic acids is 1. The summed E-state index contributed by atoms with van der Waals surface area (Å²) in [5.74, 6) is -0.286. The first kappa shape index (κ1) is 20.5. The highest BCUT2D eigenvalue weighted by Gasteiger charge is 2.09. The number of carbonyl (C=O) groups is 1. The van der Waals surface area contributed by atoms with Gasteiger partial charge >= 0.3 is 6.61 Å². The standard InChI is InChI=1S/C21H17ClF2N2O3/c22-18-4-2-1-3-15(18)12-26-13-16(7-10-20(26)28)25-19(27)11-14-5-8-17(9-6-14)29-21(23)24/h1-10,13,21H,11-12H2,(H,25,27). The molecule has 1 aromatic heterocycles. The number of hydrogen-bond donors (Lipinski definition) is 1. The molecule has 5 nitrogen and oxygen atoms in total. The van der Waals surface area contributed by atoms with Crippen molar-refractivity contribution in [1.82, 2.24) is 4.57 Å².